The number of aromatic nitrogens is 2. The summed E-state index contributed by atoms with van der Waals surface area (Å²) in [7, 11) is 1.93. The van der Waals surface area contributed by atoms with Gasteiger partial charge in [-0.15, -0.1) is 0 Å². The molecular weight excluding hydrogens is 200 g/mol. The van der Waals surface area contributed by atoms with Gasteiger partial charge in [0.05, 0.1) is 12.3 Å². The topological polar surface area (TPSA) is 38.1 Å². The molecule has 0 aliphatic heterocycles. The zero-order valence-electron chi connectivity index (χ0n) is 10.5. The maximum absolute atomic E-state index is 10.4. The highest BCUT2D eigenvalue weighted by molar-refractivity contribution is 5.19. The van der Waals surface area contributed by atoms with E-state index in [2.05, 4.69) is 12.0 Å². The van der Waals surface area contributed by atoms with Crippen LogP contribution in [-0.2, 0) is 7.05 Å². The summed E-state index contributed by atoms with van der Waals surface area (Å²) in [5, 5.41) is 14.6. The standard InChI is InChI=1S/C13H22N2O/c1-9-5-4-6-11(7-9)13(16)12-8-14-15(3)10(12)2/h8-9,11,13,16H,4-7H2,1-3H3. The third-order valence-electron chi connectivity index (χ3n) is 4.02. The number of hydrogen-bond donors (Lipinski definition) is 1. The van der Waals surface area contributed by atoms with Crippen molar-refractivity contribution in [3.8, 4) is 0 Å². The van der Waals surface area contributed by atoms with Gasteiger partial charge in [0.25, 0.3) is 0 Å². The molecule has 3 nitrogen and oxygen atoms in total. The van der Waals surface area contributed by atoms with Crippen LogP contribution in [0.2, 0.25) is 0 Å². The Hall–Kier alpha value is -0.830. The molecule has 1 aliphatic rings. The van der Waals surface area contributed by atoms with Gasteiger partial charge >= 0.3 is 0 Å². The van der Waals surface area contributed by atoms with E-state index in [9.17, 15) is 5.11 Å². The van der Waals surface area contributed by atoms with Crippen LogP contribution < -0.4 is 0 Å². The molecule has 1 fully saturated rings. The van der Waals surface area contributed by atoms with E-state index in [0.717, 1.165) is 30.0 Å². The summed E-state index contributed by atoms with van der Waals surface area (Å²) < 4.78 is 1.84. The van der Waals surface area contributed by atoms with E-state index in [1.807, 2.05) is 24.9 Å². The quantitative estimate of drug-likeness (QED) is 0.835. The molecule has 90 valence electrons. The van der Waals surface area contributed by atoms with E-state index < -0.39 is 0 Å². The van der Waals surface area contributed by atoms with E-state index in [1.54, 1.807) is 0 Å². The molecule has 1 heterocycles. The Bertz CT molecular complexity index is 359. The Morgan fingerprint density at radius 2 is 2.25 bits per heavy atom. The monoisotopic (exact) mass is 222 g/mol. The largest absolute Gasteiger partial charge is 0.388 e. The highest BCUT2D eigenvalue weighted by Gasteiger charge is 2.28. The van der Waals surface area contributed by atoms with Gasteiger partial charge in [-0.1, -0.05) is 19.8 Å². The van der Waals surface area contributed by atoms with Gasteiger partial charge in [-0.05, 0) is 31.6 Å². The van der Waals surface area contributed by atoms with Crippen molar-refractivity contribution < 1.29 is 5.11 Å². The van der Waals surface area contributed by atoms with E-state index in [-0.39, 0.29) is 6.10 Å². The van der Waals surface area contributed by atoms with Gasteiger partial charge in [0.15, 0.2) is 0 Å². The zero-order valence-corrected chi connectivity index (χ0v) is 10.5. The summed E-state index contributed by atoms with van der Waals surface area (Å²) in [5.74, 6) is 1.18. The van der Waals surface area contributed by atoms with Gasteiger partial charge in [-0.2, -0.15) is 5.10 Å². The molecule has 1 N–H and O–H groups in total. The van der Waals surface area contributed by atoms with E-state index in [4.69, 9.17) is 0 Å². The molecule has 0 spiro atoms. The fourth-order valence-electron chi connectivity index (χ4n) is 2.83. The average molecular weight is 222 g/mol. The molecule has 3 heteroatoms. The van der Waals surface area contributed by atoms with Crippen LogP contribution in [0.1, 0.15) is 50.0 Å². The number of aryl methyl sites for hydroxylation is 1. The SMILES string of the molecule is Cc1c(C(O)C2CCCC(C)C2)cnn1C. The van der Waals surface area contributed by atoms with Crippen molar-refractivity contribution in [1.82, 2.24) is 9.78 Å². The highest BCUT2D eigenvalue weighted by atomic mass is 16.3. The fraction of sp³-hybridized carbons (Fsp3) is 0.769. The van der Waals surface area contributed by atoms with Crippen LogP contribution in [0, 0.1) is 18.8 Å². The summed E-state index contributed by atoms with van der Waals surface area (Å²) >= 11 is 0. The number of aliphatic hydroxyl groups excluding tert-OH is 1. The number of aliphatic hydroxyl groups is 1. The maximum Gasteiger partial charge on any atom is 0.0851 e. The molecule has 3 unspecified atom stereocenters. The van der Waals surface area contributed by atoms with Crippen molar-refractivity contribution in [1.29, 1.82) is 0 Å². The second-order valence-electron chi connectivity index (χ2n) is 5.29. The first-order valence-corrected chi connectivity index (χ1v) is 6.26. The van der Waals surface area contributed by atoms with Gasteiger partial charge in [-0.3, -0.25) is 4.68 Å². The van der Waals surface area contributed by atoms with Gasteiger partial charge in [-0.25, -0.2) is 0 Å². The molecule has 3 atom stereocenters. The van der Waals surface area contributed by atoms with Crippen molar-refractivity contribution in [2.24, 2.45) is 18.9 Å². The first-order valence-electron chi connectivity index (χ1n) is 6.26. The zero-order chi connectivity index (χ0) is 11.7. The molecule has 0 radical (unpaired) electrons. The second kappa shape index (κ2) is 4.58. The summed E-state index contributed by atoms with van der Waals surface area (Å²) in [6.45, 7) is 4.31. The lowest BCUT2D eigenvalue weighted by Gasteiger charge is -2.30. The molecule has 0 amide bonds. The van der Waals surface area contributed by atoms with Gasteiger partial charge in [0, 0.05) is 18.3 Å². The molecule has 2 rings (SSSR count). The van der Waals surface area contributed by atoms with Crippen LogP contribution in [0.3, 0.4) is 0 Å². The van der Waals surface area contributed by atoms with E-state index >= 15 is 0 Å². The second-order valence-corrected chi connectivity index (χ2v) is 5.29. The van der Waals surface area contributed by atoms with Gasteiger partial charge < -0.3 is 5.11 Å². The number of hydrogen-bond acceptors (Lipinski definition) is 2. The fourth-order valence-corrected chi connectivity index (χ4v) is 2.83. The lowest BCUT2D eigenvalue weighted by Crippen LogP contribution is -2.20. The molecule has 1 aromatic heterocycles. The Kier molecular flexibility index (Phi) is 3.33. The number of rotatable bonds is 2. The third kappa shape index (κ3) is 2.14. The van der Waals surface area contributed by atoms with Crippen LogP contribution in [0.25, 0.3) is 0 Å². The van der Waals surface area contributed by atoms with Crippen LogP contribution in [0.15, 0.2) is 6.20 Å². The van der Waals surface area contributed by atoms with Crippen molar-refractivity contribution in [3.05, 3.63) is 17.5 Å². The maximum atomic E-state index is 10.4. The Morgan fingerprint density at radius 3 is 2.81 bits per heavy atom. The predicted octanol–water partition coefficient (Wildman–Crippen LogP) is 2.59. The molecule has 1 aromatic rings. The summed E-state index contributed by atoms with van der Waals surface area (Å²) in [6.07, 6.45) is 6.36. The minimum Gasteiger partial charge on any atom is -0.388 e. The third-order valence-corrected chi connectivity index (χ3v) is 4.02. The van der Waals surface area contributed by atoms with Crippen molar-refractivity contribution in [2.45, 2.75) is 45.6 Å². The van der Waals surface area contributed by atoms with Crippen LogP contribution >= 0.6 is 0 Å². The van der Waals surface area contributed by atoms with Gasteiger partial charge in [0.2, 0.25) is 0 Å². The summed E-state index contributed by atoms with van der Waals surface area (Å²) in [6, 6.07) is 0. The first kappa shape index (κ1) is 11.6. The Balaban J connectivity index is 2.12. The van der Waals surface area contributed by atoms with Crippen molar-refractivity contribution in [3.63, 3.8) is 0 Å². The Labute approximate surface area is 97.5 Å². The minimum absolute atomic E-state index is 0.323. The van der Waals surface area contributed by atoms with E-state index in [1.165, 1.54) is 12.8 Å². The molecule has 0 aromatic carbocycles. The molecule has 1 aliphatic carbocycles. The van der Waals surface area contributed by atoms with E-state index in [0.29, 0.717) is 5.92 Å². The molecule has 0 bridgehead atoms. The lowest BCUT2D eigenvalue weighted by molar-refractivity contribution is 0.0708. The normalized spacial score (nSPS) is 28.0. The van der Waals surface area contributed by atoms with Gasteiger partial charge in [0.1, 0.15) is 0 Å². The van der Waals surface area contributed by atoms with Crippen LogP contribution in [0.4, 0.5) is 0 Å². The molecule has 0 saturated heterocycles. The smallest absolute Gasteiger partial charge is 0.0851 e. The minimum atomic E-state index is -0.323. The van der Waals surface area contributed by atoms with Crippen molar-refractivity contribution >= 4 is 0 Å². The Morgan fingerprint density at radius 1 is 1.50 bits per heavy atom. The number of nitrogens with zero attached hydrogens (tertiary/aromatic N) is 2. The molecule has 1 saturated carbocycles. The molecule has 16 heavy (non-hydrogen) atoms. The van der Waals surface area contributed by atoms with Crippen molar-refractivity contribution in [2.75, 3.05) is 0 Å². The summed E-state index contributed by atoms with van der Waals surface area (Å²) in [5.41, 5.74) is 2.10. The van der Waals surface area contributed by atoms with Crippen LogP contribution in [-0.4, -0.2) is 14.9 Å². The lowest BCUT2D eigenvalue weighted by atomic mass is 9.78. The summed E-state index contributed by atoms with van der Waals surface area (Å²) in [4.78, 5) is 0. The average Bonchev–Trinajstić information content (AvgIpc) is 2.59. The predicted molar refractivity (Wildman–Crippen MR) is 64.0 cm³/mol. The first-order chi connectivity index (χ1) is 7.59. The highest BCUT2D eigenvalue weighted by Crippen LogP contribution is 2.37. The van der Waals surface area contributed by atoms with Crippen LogP contribution in [0.5, 0.6) is 0 Å². The molecular formula is C13H22N2O.